The van der Waals surface area contributed by atoms with E-state index >= 15 is 0 Å². The van der Waals surface area contributed by atoms with Gasteiger partial charge in [-0.2, -0.15) is 0 Å². The van der Waals surface area contributed by atoms with E-state index in [9.17, 15) is 4.39 Å². The minimum atomic E-state index is -0.293. The second-order valence-electron chi connectivity index (χ2n) is 4.73. The van der Waals surface area contributed by atoms with Crippen molar-refractivity contribution in [3.8, 4) is 11.5 Å². The first-order valence-corrected chi connectivity index (χ1v) is 6.79. The molecule has 0 atom stereocenters. The van der Waals surface area contributed by atoms with E-state index in [-0.39, 0.29) is 5.82 Å². The Labute approximate surface area is 127 Å². The summed E-state index contributed by atoms with van der Waals surface area (Å²) >= 11 is 0. The predicted molar refractivity (Wildman–Crippen MR) is 83.0 cm³/mol. The summed E-state index contributed by atoms with van der Waals surface area (Å²) in [5, 5.41) is 3.07. The molecule has 0 amide bonds. The molecule has 0 fully saturated rings. The first-order valence-electron chi connectivity index (χ1n) is 6.79. The predicted octanol–water partition coefficient (Wildman–Crippen LogP) is 4.46. The van der Waals surface area contributed by atoms with Gasteiger partial charge in [0, 0.05) is 24.5 Å². The van der Waals surface area contributed by atoms with E-state index in [4.69, 9.17) is 4.74 Å². The van der Waals surface area contributed by atoms with E-state index < -0.39 is 0 Å². The van der Waals surface area contributed by atoms with Gasteiger partial charge in [-0.25, -0.2) is 14.4 Å². The van der Waals surface area contributed by atoms with Gasteiger partial charge in [-0.1, -0.05) is 12.1 Å². The Hall–Kier alpha value is -2.95. The van der Waals surface area contributed by atoms with Crippen LogP contribution in [0.4, 0.5) is 16.0 Å². The molecule has 0 aliphatic heterocycles. The van der Waals surface area contributed by atoms with Crippen LogP contribution in [0.5, 0.6) is 11.5 Å². The van der Waals surface area contributed by atoms with Crippen LogP contribution in [-0.4, -0.2) is 9.97 Å². The van der Waals surface area contributed by atoms with Gasteiger partial charge in [-0.05, 0) is 36.8 Å². The van der Waals surface area contributed by atoms with Crippen molar-refractivity contribution < 1.29 is 9.13 Å². The van der Waals surface area contributed by atoms with Crippen LogP contribution in [0.2, 0.25) is 0 Å². The number of aryl methyl sites for hydroxylation is 1. The van der Waals surface area contributed by atoms with Gasteiger partial charge in [0.2, 0.25) is 0 Å². The first-order chi connectivity index (χ1) is 10.7. The highest BCUT2D eigenvalue weighted by Crippen LogP contribution is 2.25. The molecule has 1 aromatic carbocycles. The molecule has 0 aliphatic carbocycles. The third-order valence-electron chi connectivity index (χ3n) is 3.03. The van der Waals surface area contributed by atoms with Crippen LogP contribution in [0.15, 0.2) is 60.9 Å². The summed E-state index contributed by atoms with van der Waals surface area (Å²) in [5.74, 6) is 2.01. The topological polar surface area (TPSA) is 47.0 Å². The van der Waals surface area contributed by atoms with Gasteiger partial charge in [-0.15, -0.1) is 0 Å². The molecule has 0 spiro atoms. The lowest BCUT2D eigenvalue weighted by Gasteiger charge is -2.09. The minimum Gasteiger partial charge on any atom is -0.457 e. The molecule has 4 nitrogen and oxygen atoms in total. The van der Waals surface area contributed by atoms with Crippen molar-refractivity contribution in [1.29, 1.82) is 0 Å². The second-order valence-corrected chi connectivity index (χ2v) is 4.73. The van der Waals surface area contributed by atoms with Crippen molar-refractivity contribution in [3.05, 3.63) is 72.3 Å². The lowest BCUT2D eigenvalue weighted by atomic mass is 10.2. The van der Waals surface area contributed by atoms with E-state index in [2.05, 4.69) is 15.3 Å². The number of hydrogen-bond donors (Lipinski definition) is 1. The third-order valence-corrected chi connectivity index (χ3v) is 3.03. The van der Waals surface area contributed by atoms with Crippen molar-refractivity contribution >= 4 is 11.6 Å². The Morgan fingerprint density at radius 2 is 1.73 bits per heavy atom. The number of aromatic nitrogens is 2. The van der Waals surface area contributed by atoms with Crippen LogP contribution >= 0.6 is 0 Å². The van der Waals surface area contributed by atoms with Crippen LogP contribution < -0.4 is 10.1 Å². The number of benzene rings is 1. The maximum atomic E-state index is 13.5. The zero-order chi connectivity index (χ0) is 15.4. The molecule has 22 heavy (non-hydrogen) atoms. The third kappa shape index (κ3) is 3.38. The van der Waals surface area contributed by atoms with E-state index in [1.54, 1.807) is 43.6 Å². The fourth-order valence-electron chi connectivity index (χ4n) is 1.88. The number of pyridine rings is 2. The molecule has 5 heteroatoms. The normalized spacial score (nSPS) is 10.3. The lowest BCUT2D eigenvalue weighted by molar-refractivity contribution is 0.475. The average Bonchev–Trinajstić information content (AvgIpc) is 2.52. The fraction of sp³-hybridized carbons (Fsp3) is 0.0588. The van der Waals surface area contributed by atoms with Gasteiger partial charge < -0.3 is 10.1 Å². The molecule has 2 aromatic heterocycles. The van der Waals surface area contributed by atoms with Gasteiger partial charge in [0.05, 0.1) is 0 Å². The molecule has 0 unspecified atom stereocenters. The molecule has 3 aromatic rings. The number of nitrogens with zero attached hydrogens (tertiary/aromatic N) is 2. The molecule has 3 rings (SSSR count). The van der Waals surface area contributed by atoms with Crippen molar-refractivity contribution in [3.63, 3.8) is 0 Å². The van der Waals surface area contributed by atoms with E-state index in [0.717, 1.165) is 0 Å². The van der Waals surface area contributed by atoms with Gasteiger partial charge in [0.25, 0.3) is 0 Å². The molecule has 110 valence electrons. The minimum absolute atomic E-state index is 0.293. The summed E-state index contributed by atoms with van der Waals surface area (Å²) in [6.45, 7) is 1.71. The number of halogens is 1. The average molecular weight is 295 g/mol. The van der Waals surface area contributed by atoms with Crippen LogP contribution in [0.25, 0.3) is 0 Å². The number of ether oxygens (including phenoxy) is 1. The van der Waals surface area contributed by atoms with Gasteiger partial charge in [-0.3, -0.25) is 0 Å². The lowest BCUT2D eigenvalue weighted by Crippen LogP contribution is -1.96. The Morgan fingerprint density at radius 1 is 0.909 bits per heavy atom. The summed E-state index contributed by atoms with van der Waals surface area (Å²) in [7, 11) is 0. The standard InChI is InChI=1S/C17H14FN3O/c1-12-5-6-13(10-15(12)18)22-14-7-9-20-17(11-14)21-16-4-2-3-8-19-16/h2-11H,1H3,(H,19,20,21). The van der Waals surface area contributed by atoms with Gasteiger partial charge in [0.1, 0.15) is 29.0 Å². The van der Waals surface area contributed by atoms with Crippen molar-refractivity contribution in [1.82, 2.24) is 9.97 Å². The molecular weight excluding hydrogens is 281 g/mol. The van der Waals surface area contributed by atoms with Crippen LogP contribution in [0.1, 0.15) is 5.56 Å². The van der Waals surface area contributed by atoms with E-state index in [0.29, 0.717) is 28.7 Å². The van der Waals surface area contributed by atoms with Gasteiger partial charge >= 0.3 is 0 Å². The van der Waals surface area contributed by atoms with Crippen molar-refractivity contribution in [2.45, 2.75) is 6.92 Å². The summed E-state index contributed by atoms with van der Waals surface area (Å²) < 4.78 is 19.2. The molecule has 0 saturated carbocycles. The number of rotatable bonds is 4. The zero-order valence-corrected chi connectivity index (χ0v) is 12.0. The molecular formula is C17H14FN3O. The highest BCUT2D eigenvalue weighted by molar-refractivity contribution is 5.53. The summed E-state index contributed by atoms with van der Waals surface area (Å²) in [6, 6.07) is 13.8. The second kappa shape index (κ2) is 6.22. The van der Waals surface area contributed by atoms with E-state index in [1.165, 1.54) is 6.07 Å². The fourth-order valence-corrected chi connectivity index (χ4v) is 1.88. The summed E-state index contributed by atoms with van der Waals surface area (Å²) in [5.41, 5.74) is 0.583. The highest BCUT2D eigenvalue weighted by atomic mass is 19.1. The number of hydrogen-bond acceptors (Lipinski definition) is 4. The molecule has 2 heterocycles. The monoisotopic (exact) mass is 295 g/mol. The Bertz CT molecular complexity index is 778. The van der Waals surface area contributed by atoms with Crippen LogP contribution in [-0.2, 0) is 0 Å². The number of nitrogens with one attached hydrogen (secondary N) is 1. The quantitative estimate of drug-likeness (QED) is 0.772. The smallest absolute Gasteiger partial charge is 0.135 e. The SMILES string of the molecule is Cc1ccc(Oc2ccnc(Nc3ccccn3)c2)cc1F. The maximum Gasteiger partial charge on any atom is 0.135 e. The van der Waals surface area contributed by atoms with Crippen LogP contribution in [0, 0.1) is 12.7 Å². The molecule has 0 bridgehead atoms. The van der Waals surface area contributed by atoms with Crippen molar-refractivity contribution in [2.75, 3.05) is 5.32 Å². The van der Waals surface area contributed by atoms with Gasteiger partial charge in [0.15, 0.2) is 0 Å². The maximum absolute atomic E-state index is 13.5. The molecule has 0 saturated heterocycles. The Balaban J connectivity index is 1.77. The summed E-state index contributed by atoms with van der Waals surface area (Å²) in [6.07, 6.45) is 3.31. The Morgan fingerprint density at radius 3 is 2.50 bits per heavy atom. The van der Waals surface area contributed by atoms with Crippen molar-refractivity contribution in [2.24, 2.45) is 0 Å². The molecule has 1 N–H and O–H groups in total. The number of anilines is 2. The van der Waals surface area contributed by atoms with E-state index in [1.807, 2.05) is 18.2 Å². The molecule has 0 aliphatic rings. The largest absolute Gasteiger partial charge is 0.457 e. The molecule has 0 radical (unpaired) electrons. The summed E-state index contributed by atoms with van der Waals surface area (Å²) in [4.78, 5) is 8.37. The zero-order valence-electron chi connectivity index (χ0n) is 12.0. The highest BCUT2D eigenvalue weighted by Gasteiger charge is 2.04. The Kier molecular flexibility index (Phi) is 3.96. The first kappa shape index (κ1) is 14.0. The van der Waals surface area contributed by atoms with Crippen LogP contribution in [0.3, 0.4) is 0 Å².